The molecule has 0 aromatic carbocycles. The number of hydrogen-bond donors (Lipinski definition) is 2. The van der Waals surface area contributed by atoms with Crippen LogP contribution in [0.3, 0.4) is 0 Å². The van der Waals surface area contributed by atoms with Crippen molar-refractivity contribution in [2.45, 2.75) is 46.1 Å². The average Bonchev–Trinajstić information content (AvgIpc) is 2.91. The lowest BCUT2D eigenvalue weighted by atomic mass is 9.76. The van der Waals surface area contributed by atoms with E-state index < -0.39 is 0 Å². The lowest BCUT2D eigenvalue weighted by molar-refractivity contribution is -0.126. The van der Waals surface area contributed by atoms with E-state index in [2.05, 4.69) is 34.7 Å². The van der Waals surface area contributed by atoms with Gasteiger partial charge in [0, 0.05) is 32.0 Å². The fourth-order valence-electron chi connectivity index (χ4n) is 3.89. The van der Waals surface area contributed by atoms with Gasteiger partial charge in [-0.3, -0.25) is 9.59 Å². The predicted molar refractivity (Wildman–Crippen MR) is 84.7 cm³/mol. The first-order chi connectivity index (χ1) is 11.0. The Balaban J connectivity index is 1.52. The Bertz CT molecular complexity index is 587. The van der Waals surface area contributed by atoms with E-state index in [1.807, 2.05) is 4.57 Å². The van der Waals surface area contributed by atoms with Crippen LogP contribution in [0.4, 0.5) is 0 Å². The smallest absolute Gasteiger partial charge is 0.289 e. The molecule has 0 bridgehead atoms. The number of amides is 2. The van der Waals surface area contributed by atoms with Crippen molar-refractivity contribution in [2.24, 2.45) is 17.8 Å². The highest BCUT2D eigenvalue weighted by molar-refractivity contribution is 5.91. The third-order valence-electron chi connectivity index (χ3n) is 4.85. The Morgan fingerprint density at radius 1 is 1.26 bits per heavy atom. The van der Waals surface area contributed by atoms with Crippen LogP contribution in [0.1, 0.15) is 49.6 Å². The van der Waals surface area contributed by atoms with E-state index in [0.29, 0.717) is 43.7 Å². The molecule has 1 fully saturated rings. The van der Waals surface area contributed by atoms with Crippen LogP contribution in [0.25, 0.3) is 0 Å². The molecule has 2 N–H and O–H groups in total. The normalized spacial score (nSPS) is 27.2. The third kappa shape index (κ3) is 3.54. The number of fused-ring (bicyclic) bond motifs is 1. The Morgan fingerprint density at radius 3 is 2.74 bits per heavy atom. The van der Waals surface area contributed by atoms with Gasteiger partial charge in [0.2, 0.25) is 11.7 Å². The second-order valence-electron chi connectivity index (χ2n) is 7.00. The minimum atomic E-state index is -0.177. The molecule has 7 nitrogen and oxygen atoms in total. The molecule has 2 heterocycles. The van der Waals surface area contributed by atoms with Gasteiger partial charge in [-0.15, -0.1) is 10.2 Å². The molecular formula is C16H25N5O2. The molecule has 1 aromatic rings. The molecule has 3 rings (SSSR count). The third-order valence-corrected chi connectivity index (χ3v) is 4.85. The maximum absolute atomic E-state index is 12.3. The zero-order valence-electron chi connectivity index (χ0n) is 13.8. The maximum atomic E-state index is 12.3. The van der Waals surface area contributed by atoms with Crippen molar-refractivity contribution in [2.75, 3.05) is 13.1 Å². The summed E-state index contributed by atoms with van der Waals surface area (Å²) in [6, 6.07) is 0. The van der Waals surface area contributed by atoms with Gasteiger partial charge in [0.25, 0.3) is 5.91 Å². The maximum Gasteiger partial charge on any atom is 0.289 e. The Kier molecular flexibility index (Phi) is 4.63. The molecule has 1 aliphatic carbocycles. The first kappa shape index (κ1) is 16.0. The summed E-state index contributed by atoms with van der Waals surface area (Å²) in [4.78, 5) is 24.0. The standard InChI is InChI=1S/C16H25N5O2/c1-10-7-11(2)9-12(8-10)15(22)17-4-3-13-19-20-14-16(23)18-5-6-21(13)14/h10-12H,3-9H2,1-2H3,(H,17,22)(H,18,23). The fraction of sp³-hybridized carbons (Fsp3) is 0.750. The first-order valence-corrected chi connectivity index (χ1v) is 8.52. The predicted octanol–water partition coefficient (Wildman–Crippen LogP) is 0.752. The molecule has 0 spiro atoms. The number of nitrogens with zero attached hydrogens (tertiary/aromatic N) is 3. The number of aromatic nitrogens is 3. The van der Waals surface area contributed by atoms with Gasteiger partial charge in [0.05, 0.1) is 0 Å². The van der Waals surface area contributed by atoms with E-state index in [4.69, 9.17) is 0 Å². The molecule has 0 saturated heterocycles. The molecule has 0 radical (unpaired) electrons. The summed E-state index contributed by atoms with van der Waals surface area (Å²) in [5.74, 6) is 2.48. The lowest BCUT2D eigenvalue weighted by Gasteiger charge is -2.30. The number of rotatable bonds is 4. The largest absolute Gasteiger partial charge is 0.355 e. The summed E-state index contributed by atoms with van der Waals surface area (Å²) in [7, 11) is 0. The van der Waals surface area contributed by atoms with Crippen molar-refractivity contribution in [1.29, 1.82) is 0 Å². The minimum absolute atomic E-state index is 0.131. The second-order valence-corrected chi connectivity index (χ2v) is 7.00. The van der Waals surface area contributed by atoms with E-state index in [1.54, 1.807) is 0 Å². The zero-order valence-corrected chi connectivity index (χ0v) is 13.8. The molecule has 126 valence electrons. The van der Waals surface area contributed by atoms with Crippen LogP contribution in [-0.4, -0.2) is 39.7 Å². The summed E-state index contributed by atoms with van der Waals surface area (Å²) < 4.78 is 1.84. The molecule has 2 atom stereocenters. The van der Waals surface area contributed by atoms with E-state index in [1.165, 1.54) is 6.42 Å². The van der Waals surface area contributed by atoms with Crippen LogP contribution in [0, 0.1) is 17.8 Å². The number of carbonyl (C=O) groups is 2. The highest BCUT2D eigenvalue weighted by Gasteiger charge is 2.29. The van der Waals surface area contributed by atoms with Crippen LogP contribution in [0.15, 0.2) is 0 Å². The van der Waals surface area contributed by atoms with Gasteiger partial charge in [-0.25, -0.2) is 0 Å². The summed E-state index contributed by atoms with van der Waals surface area (Å²) >= 11 is 0. The second kappa shape index (κ2) is 6.68. The molecule has 7 heteroatoms. The lowest BCUT2D eigenvalue weighted by Crippen LogP contribution is -2.38. The van der Waals surface area contributed by atoms with Gasteiger partial charge in [0.1, 0.15) is 5.82 Å². The van der Waals surface area contributed by atoms with Gasteiger partial charge in [-0.2, -0.15) is 0 Å². The van der Waals surface area contributed by atoms with Crippen molar-refractivity contribution < 1.29 is 9.59 Å². The summed E-state index contributed by atoms with van der Waals surface area (Å²) in [5.41, 5.74) is 0. The van der Waals surface area contributed by atoms with Crippen LogP contribution in [0.5, 0.6) is 0 Å². The first-order valence-electron chi connectivity index (χ1n) is 8.52. The van der Waals surface area contributed by atoms with Crippen LogP contribution in [0.2, 0.25) is 0 Å². The van der Waals surface area contributed by atoms with Crippen molar-refractivity contribution in [1.82, 2.24) is 25.4 Å². The van der Waals surface area contributed by atoms with Crippen LogP contribution >= 0.6 is 0 Å². The van der Waals surface area contributed by atoms with Gasteiger partial charge in [-0.1, -0.05) is 13.8 Å². The zero-order chi connectivity index (χ0) is 16.4. The van der Waals surface area contributed by atoms with E-state index in [9.17, 15) is 9.59 Å². The Hall–Kier alpha value is -1.92. The monoisotopic (exact) mass is 319 g/mol. The SMILES string of the molecule is CC1CC(C)CC(C(=O)NCCc2nnc3n2CCNC3=O)C1. The Labute approximate surface area is 136 Å². The molecule has 2 unspecified atom stereocenters. The average molecular weight is 319 g/mol. The summed E-state index contributed by atoms with van der Waals surface area (Å²) in [6.07, 6.45) is 3.79. The molecule has 1 aliphatic heterocycles. The van der Waals surface area contributed by atoms with Gasteiger partial charge < -0.3 is 15.2 Å². The van der Waals surface area contributed by atoms with Crippen molar-refractivity contribution in [3.8, 4) is 0 Å². The summed E-state index contributed by atoms with van der Waals surface area (Å²) in [6.45, 7) is 6.28. The highest BCUT2D eigenvalue weighted by atomic mass is 16.2. The highest BCUT2D eigenvalue weighted by Crippen LogP contribution is 2.32. The van der Waals surface area contributed by atoms with E-state index in [0.717, 1.165) is 18.7 Å². The number of carbonyl (C=O) groups excluding carboxylic acids is 2. The topological polar surface area (TPSA) is 88.9 Å². The molecule has 2 aliphatic rings. The van der Waals surface area contributed by atoms with Crippen molar-refractivity contribution >= 4 is 11.8 Å². The summed E-state index contributed by atoms with van der Waals surface area (Å²) in [5, 5.41) is 13.8. The fourth-order valence-corrected chi connectivity index (χ4v) is 3.89. The van der Waals surface area contributed by atoms with Gasteiger partial charge >= 0.3 is 0 Å². The van der Waals surface area contributed by atoms with E-state index >= 15 is 0 Å². The molecular weight excluding hydrogens is 294 g/mol. The van der Waals surface area contributed by atoms with Gasteiger partial charge in [0.15, 0.2) is 0 Å². The van der Waals surface area contributed by atoms with E-state index in [-0.39, 0.29) is 17.7 Å². The minimum Gasteiger partial charge on any atom is -0.355 e. The number of hydrogen-bond acceptors (Lipinski definition) is 4. The van der Waals surface area contributed by atoms with Gasteiger partial charge in [-0.05, 0) is 31.1 Å². The van der Waals surface area contributed by atoms with Crippen LogP contribution in [-0.2, 0) is 17.8 Å². The molecule has 1 aromatic heterocycles. The van der Waals surface area contributed by atoms with Crippen molar-refractivity contribution in [3.63, 3.8) is 0 Å². The molecule has 23 heavy (non-hydrogen) atoms. The quantitative estimate of drug-likeness (QED) is 0.857. The number of nitrogens with one attached hydrogen (secondary N) is 2. The van der Waals surface area contributed by atoms with Crippen LogP contribution < -0.4 is 10.6 Å². The Morgan fingerprint density at radius 2 is 2.00 bits per heavy atom. The molecule has 2 amide bonds. The van der Waals surface area contributed by atoms with Crippen molar-refractivity contribution in [3.05, 3.63) is 11.6 Å². The molecule has 1 saturated carbocycles.